The Labute approximate surface area is 178 Å². The molecule has 1 aliphatic heterocycles. The van der Waals surface area contributed by atoms with Gasteiger partial charge >= 0.3 is 0 Å². The van der Waals surface area contributed by atoms with Crippen LogP contribution in [-0.4, -0.2) is 43.2 Å². The van der Waals surface area contributed by atoms with Gasteiger partial charge in [-0.15, -0.1) is 11.3 Å². The average molecular weight is 417 g/mol. The number of rotatable bonds is 7. The molecular formula is C23H32N2O3S. The van der Waals surface area contributed by atoms with Gasteiger partial charge in [-0.3, -0.25) is 4.79 Å². The lowest BCUT2D eigenvalue weighted by atomic mass is 9.90. The molecule has 5 nitrogen and oxygen atoms in total. The van der Waals surface area contributed by atoms with E-state index < -0.39 is 0 Å². The van der Waals surface area contributed by atoms with Gasteiger partial charge in [-0.1, -0.05) is 13.0 Å². The standard InChI is InChI=1S/C23H32N2O3S/c1-7-23(3,4)24-15(2)22(26)25-11-10-16-13-18(27-5)19(28-6)14-17(16)21(25)20-9-8-12-29-20/h8-9,12-15,21,24H,7,10-11H2,1-6H3/t15-,21-/m0/s1. The fourth-order valence-electron chi connectivity index (χ4n) is 3.94. The van der Waals surface area contributed by atoms with E-state index in [1.165, 1.54) is 5.56 Å². The zero-order valence-corrected chi connectivity index (χ0v) is 19.1. The highest BCUT2D eigenvalue weighted by Gasteiger charge is 2.36. The number of fused-ring (bicyclic) bond motifs is 1. The number of nitrogens with zero attached hydrogens (tertiary/aromatic N) is 1. The molecule has 3 rings (SSSR count). The highest BCUT2D eigenvalue weighted by molar-refractivity contribution is 7.10. The maximum atomic E-state index is 13.5. The van der Waals surface area contributed by atoms with Gasteiger partial charge in [-0.2, -0.15) is 0 Å². The highest BCUT2D eigenvalue weighted by Crippen LogP contribution is 2.42. The highest BCUT2D eigenvalue weighted by atomic mass is 32.1. The van der Waals surface area contributed by atoms with Crippen LogP contribution in [0.3, 0.4) is 0 Å². The Kier molecular flexibility index (Phi) is 6.54. The molecule has 1 amide bonds. The summed E-state index contributed by atoms with van der Waals surface area (Å²) in [7, 11) is 3.30. The molecule has 0 spiro atoms. The monoisotopic (exact) mass is 416 g/mol. The topological polar surface area (TPSA) is 50.8 Å². The predicted octanol–water partition coefficient (Wildman–Crippen LogP) is 4.41. The number of amides is 1. The lowest BCUT2D eigenvalue weighted by Crippen LogP contribution is -2.54. The number of hydrogen-bond donors (Lipinski definition) is 1. The molecule has 2 aromatic rings. The van der Waals surface area contributed by atoms with Crippen LogP contribution in [0.25, 0.3) is 0 Å². The summed E-state index contributed by atoms with van der Waals surface area (Å²) in [4.78, 5) is 16.7. The number of ether oxygens (including phenoxy) is 2. The van der Waals surface area contributed by atoms with E-state index in [-0.39, 0.29) is 23.5 Å². The van der Waals surface area contributed by atoms with Crippen LogP contribution in [-0.2, 0) is 11.2 Å². The van der Waals surface area contributed by atoms with Crippen LogP contribution in [0, 0.1) is 0 Å². The van der Waals surface area contributed by atoms with E-state index in [2.05, 4.69) is 43.6 Å². The number of benzene rings is 1. The Balaban J connectivity index is 2.00. The first kappa shape index (κ1) is 21.7. The van der Waals surface area contributed by atoms with Gasteiger partial charge in [-0.05, 0) is 68.3 Å². The van der Waals surface area contributed by atoms with Gasteiger partial charge in [0.2, 0.25) is 5.91 Å². The molecule has 1 aliphatic rings. The van der Waals surface area contributed by atoms with E-state index >= 15 is 0 Å². The summed E-state index contributed by atoms with van der Waals surface area (Å²) in [5, 5.41) is 5.57. The maximum Gasteiger partial charge on any atom is 0.240 e. The van der Waals surface area contributed by atoms with Crippen molar-refractivity contribution in [1.29, 1.82) is 0 Å². The third-order valence-corrected chi connectivity index (χ3v) is 6.76. The van der Waals surface area contributed by atoms with E-state index in [0.29, 0.717) is 12.3 Å². The Morgan fingerprint density at radius 1 is 1.31 bits per heavy atom. The van der Waals surface area contributed by atoms with Crippen molar-refractivity contribution in [2.24, 2.45) is 0 Å². The number of carbonyl (C=O) groups is 1. The minimum Gasteiger partial charge on any atom is -0.493 e. The van der Waals surface area contributed by atoms with E-state index in [1.807, 2.05) is 24.0 Å². The molecule has 0 saturated heterocycles. The summed E-state index contributed by atoms with van der Waals surface area (Å²) in [5.74, 6) is 1.56. The minimum absolute atomic E-state index is 0.0855. The van der Waals surface area contributed by atoms with Gasteiger partial charge < -0.3 is 19.7 Å². The van der Waals surface area contributed by atoms with Crippen molar-refractivity contribution < 1.29 is 14.3 Å². The average Bonchev–Trinajstić information content (AvgIpc) is 3.25. The smallest absolute Gasteiger partial charge is 0.240 e. The molecule has 0 unspecified atom stereocenters. The normalized spacial score (nSPS) is 17.6. The molecule has 0 fully saturated rings. The van der Waals surface area contributed by atoms with Gasteiger partial charge in [0.05, 0.1) is 26.3 Å². The van der Waals surface area contributed by atoms with Gasteiger partial charge in [0.15, 0.2) is 11.5 Å². The SMILES string of the molecule is CCC(C)(C)N[C@@H](C)C(=O)N1CCc2cc(OC)c(OC)cc2[C@H]1c1cccs1. The molecular weight excluding hydrogens is 384 g/mol. The van der Waals surface area contributed by atoms with Gasteiger partial charge in [0, 0.05) is 17.0 Å². The summed E-state index contributed by atoms with van der Waals surface area (Å²) in [5.41, 5.74) is 2.24. The van der Waals surface area contributed by atoms with Crippen molar-refractivity contribution in [3.63, 3.8) is 0 Å². The molecule has 158 valence electrons. The van der Waals surface area contributed by atoms with Crippen LogP contribution in [0.15, 0.2) is 29.6 Å². The van der Waals surface area contributed by atoms with Crippen LogP contribution in [0.5, 0.6) is 11.5 Å². The molecule has 29 heavy (non-hydrogen) atoms. The fraction of sp³-hybridized carbons (Fsp3) is 0.522. The Morgan fingerprint density at radius 3 is 2.59 bits per heavy atom. The van der Waals surface area contributed by atoms with Crippen molar-refractivity contribution in [3.8, 4) is 11.5 Å². The summed E-state index contributed by atoms with van der Waals surface area (Å²) in [6, 6.07) is 7.87. The molecule has 2 atom stereocenters. The zero-order chi connectivity index (χ0) is 21.2. The third-order valence-electron chi connectivity index (χ3n) is 5.83. The van der Waals surface area contributed by atoms with E-state index in [4.69, 9.17) is 9.47 Å². The number of hydrogen-bond acceptors (Lipinski definition) is 5. The van der Waals surface area contributed by atoms with E-state index in [1.54, 1.807) is 25.6 Å². The summed E-state index contributed by atoms with van der Waals surface area (Å²) >= 11 is 1.68. The molecule has 0 bridgehead atoms. The quantitative estimate of drug-likeness (QED) is 0.727. The zero-order valence-electron chi connectivity index (χ0n) is 18.2. The molecule has 0 radical (unpaired) electrons. The first-order chi connectivity index (χ1) is 13.8. The molecule has 1 aromatic carbocycles. The Bertz CT molecular complexity index is 848. The first-order valence-corrected chi connectivity index (χ1v) is 11.1. The Morgan fingerprint density at radius 2 is 2.00 bits per heavy atom. The van der Waals surface area contributed by atoms with Crippen molar-refractivity contribution in [2.75, 3.05) is 20.8 Å². The second-order valence-electron chi connectivity index (χ2n) is 8.21. The minimum atomic E-state index is -0.255. The van der Waals surface area contributed by atoms with Crippen LogP contribution >= 0.6 is 11.3 Å². The summed E-state index contributed by atoms with van der Waals surface area (Å²) < 4.78 is 11.0. The fourth-order valence-corrected chi connectivity index (χ4v) is 4.79. The lowest BCUT2D eigenvalue weighted by Gasteiger charge is -2.40. The number of thiophene rings is 1. The lowest BCUT2D eigenvalue weighted by molar-refractivity contribution is -0.135. The third kappa shape index (κ3) is 4.43. The second-order valence-corrected chi connectivity index (χ2v) is 9.19. The summed E-state index contributed by atoms with van der Waals surface area (Å²) in [6.45, 7) is 9.06. The largest absolute Gasteiger partial charge is 0.493 e. The van der Waals surface area contributed by atoms with Gasteiger partial charge in [-0.25, -0.2) is 0 Å². The van der Waals surface area contributed by atoms with Crippen LogP contribution in [0.4, 0.5) is 0 Å². The molecule has 6 heteroatoms. The second kappa shape index (κ2) is 8.76. The van der Waals surface area contributed by atoms with Crippen LogP contribution < -0.4 is 14.8 Å². The predicted molar refractivity (Wildman–Crippen MR) is 118 cm³/mol. The van der Waals surface area contributed by atoms with Crippen molar-refractivity contribution in [1.82, 2.24) is 10.2 Å². The Hall–Kier alpha value is -2.05. The van der Waals surface area contributed by atoms with Gasteiger partial charge in [0.1, 0.15) is 0 Å². The van der Waals surface area contributed by atoms with Crippen LogP contribution in [0.1, 0.15) is 56.2 Å². The molecule has 2 heterocycles. The number of nitrogens with one attached hydrogen (secondary N) is 1. The van der Waals surface area contributed by atoms with Crippen molar-refractivity contribution in [3.05, 3.63) is 45.6 Å². The van der Waals surface area contributed by atoms with E-state index in [0.717, 1.165) is 29.0 Å². The van der Waals surface area contributed by atoms with E-state index in [9.17, 15) is 4.79 Å². The van der Waals surface area contributed by atoms with Crippen LogP contribution in [0.2, 0.25) is 0 Å². The molecule has 0 aliphatic carbocycles. The molecule has 1 aromatic heterocycles. The number of carbonyl (C=O) groups excluding carboxylic acids is 1. The number of methoxy groups -OCH3 is 2. The maximum absolute atomic E-state index is 13.5. The van der Waals surface area contributed by atoms with Gasteiger partial charge in [0.25, 0.3) is 0 Å². The first-order valence-electron chi connectivity index (χ1n) is 10.2. The molecule has 0 saturated carbocycles. The van der Waals surface area contributed by atoms with Crippen molar-refractivity contribution in [2.45, 2.75) is 58.2 Å². The summed E-state index contributed by atoms with van der Waals surface area (Å²) in [6.07, 6.45) is 1.76. The van der Waals surface area contributed by atoms with Crippen molar-refractivity contribution >= 4 is 17.2 Å². The molecule has 1 N–H and O–H groups in total.